The number of hydrogen-bond acceptors (Lipinski definition) is 6. The molecule has 0 amide bonds. The van der Waals surface area contributed by atoms with Gasteiger partial charge in [0.25, 0.3) is 0 Å². The summed E-state index contributed by atoms with van der Waals surface area (Å²) in [4.78, 5) is 13.2. The maximum atomic E-state index is 9.37. The van der Waals surface area contributed by atoms with E-state index in [2.05, 4.69) is 55.4 Å². The lowest BCUT2D eigenvalue weighted by Crippen LogP contribution is -2.44. The Labute approximate surface area is 189 Å². The van der Waals surface area contributed by atoms with E-state index < -0.39 is 0 Å². The number of hydrogen-bond donors (Lipinski definition) is 0. The molecule has 1 fully saturated rings. The van der Waals surface area contributed by atoms with E-state index in [9.17, 15) is 5.26 Å². The maximum absolute atomic E-state index is 9.37. The molecule has 0 aliphatic carbocycles. The van der Waals surface area contributed by atoms with E-state index in [1.165, 1.54) is 11.3 Å². The van der Waals surface area contributed by atoms with Crippen LogP contribution in [0.5, 0.6) is 0 Å². The smallest absolute Gasteiger partial charge is 0.122 e. The highest BCUT2D eigenvalue weighted by Gasteiger charge is 2.24. The molecule has 162 valence electrons. The van der Waals surface area contributed by atoms with Crippen molar-refractivity contribution >= 4 is 22.6 Å². The Morgan fingerprint density at radius 2 is 2.10 bits per heavy atom. The lowest BCUT2D eigenvalue weighted by molar-refractivity contribution is -0.0579. The van der Waals surface area contributed by atoms with Crippen LogP contribution in [0.25, 0.3) is 5.57 Å². The second-order valence-corrected chi connectivity index (χ2v) is 8.99. The molecular formula is C25H30N4OS. The largest absolute Gasteiger partial charge is 0.372 e. The van der Waals surface area contributed by atoms with Crippen LogP contribution in [0.4, 0.5) is 0 Å². The maximum Gasteiger partial charge on any atom is 0.122 e. The van der Waals surface area contributed by atoms with E-state index in [1.807, 2.05) is 31.3 Å². The molecule has 0 aromatic carbocycles. The van der Waals surface area contributed by atoms with E-state index in [0.29, 0.717) is 4.88 Å². The molecule has 5 nitrogen and oxygen atoms in total. The fourth-order valence-electron chi connectivity index (χ4n) is 3.71. The van der Waals surface area contributed by atoms with Gasteiger partial charge in [0.05, 0.1) is 22.8 Å². The molecule has 0 saturated carbocycles. The number of ether oxygens (including phenoxy) is 1. The quantitative estimate of drug-likeness (QED) is 0.534. The molecule has 0 radical (unpaired) electrons. The summed E-state index contributed by atoms with van der Waals surface area (Å²) >= 11 is 1.46. The number of aromatic nitrogens is 1. The van der Waals surface area contributed by atoms with Gasteiger partial charge in [0.1, 0.15) is 16.8 Å². The number of aryl methyl sites for hydroxylation is 1. The van der Waals surface area contributed by atoms with Gasteiger partial charge in [-0.15, -0.1) is 11.3 Å². The average molecular weight is 435 g/mol. The summed E-state index contributed by atoms with van der Waals surface area (Å²) in [5.74, 6) is 0.720. The first-order chi connectivity index (χ1) is 14.9. The standard InChI is InChI=1S/C25H30N4OS/c1-6-7-8-23(21-11-12-27-17(2)13-21)25(24-10-9-22(14-26)31-24)28-20(5)29-15-18(3)30-19(4)16-29/h8-13,18-19H,5-7,15-16H2,1-4H3/b23-8-,28-25+. The normalized spacial score (nSPS) is 19.9. The van der Waals surface area contributed by atoms with E-state index in [0.717, 1.165) is 59.2 Å². The van der Waals surface area contributed by atoms with Crippen LogP contribution in [-0.2, 0) is 4.74 Å². The van der Waals surface area contributed by atoms with Crippen molar-refractivity contribution in [1.82, 2.24) is 9.88 Å². The Morgan fingerprint density at radius 1 is 1.35 bits per heavy atom. The van der Waals surface area contributed by atoms with Crippen molar-refractivity contribution in [3.05, 3.63) is 69.9 Å². The zero-order valence-corrected chi connectivity index (χ0v) is 19.6. The summed E-state index contributed by atoms with van der Waals surface area (Å²) in [6, 6.07) is 10.2. The topological polar surface area (TPSA) is 61.5 Å². The van der Waals surface area contributed by atoms with Crippen molar-refractivity contribution in [1.29, 1.82) is 5.26 Å². The second-order valence-electron chi connectivity index (χ2n) is 7.91. The Morgan fingerprint density at radius 3 is 2.71 bits per heavy atom. The van der Waals surface area contributed by atoms with Gasteiger partial charge in [0, 0.05) is 30.6 Å². The summed E-state index contributed by atoms with van der Waals surface area (Å²) in [5.41, 5.74) is 3.93. The first-order valence-electron chi connectivity index (χ1n) is 10.7. The third kappa shape index (κ3) is 5.90. The molecule has 2 atom stereocenters. The zero-order chi connectivity index (χ0) is 22.4. The third-order valence-electron chi connectivity index (χ3n) is 5.07. The molecule has 2 unspecified atom stereocenters. The molecule has 0 N–H and O–H groups in total. The van der Waals surface area contributed by atoms with Crippen LogP contribution in [0.2, 0.25) is 0 Å². The number of aliphatic imine (C=N–C) groups is 1. The van der Waals surface area contributed by atoms with Crippen LogP contribution in [0.15, 0.2) is 53.9 Å². The predicted molar refractivity (Wildman–Crippen MR) is 128 cm³/mol. The van der Waals surface area contributed by atoms with Crippen molar-refractivity contribution in [2.75, 3.05) is 13.1 Å². The molecule has 1 saturated heterocycles. The van der Waals surface area contributed by atoms with Crippen LogP contribution in [0.1, 0.15) is 54.6 Å². The van der Waals surface area contributed by atoms with Gasteiger partial charge in [0.2, 0.25) is 0 Å². The summed E-state index contributed by atoms with van der Waals surface area (Å²) in [7, 11) is 0. The number of morpholine rings is 1. The Bertz CT molecular complexity index is 1020. The Balaban J connectivity index is 2.09. The van der Waals surface area contributed by atoms with E-state index >= 15 is 0 Å². The van der Waals surface area contributed by atoms with Crippen LogP contribution in [0, 0.1) is 18.3 Å². The summed E-state index contributed by atoms with van der Waals surface area (Å²) in [6.07, 6.45) is 6.29. The van der Waals surface area contributed by atoms with Crippen molar-refractivity contribution in [3.63, 3.8) is 0 Å². The first kappa shape index (κ1) is 22.9. The molecular weight excluding hydrogens is 404 g/mol. The van der Waals surface area contributed by atoms with Crippen molar-refractivity contribution < 1.29 is 4.74 Å². The monoisotopic (exact) mass is 434 g/mol. The average Bonchev–Trinajstić information content (AvgIpc) is 3.21. The minimum Gasteiger partial charge on any atom is -0.372 e. The Kier molecular flexibility index (Phi) is 7.78. The SMILES string of the molecule is C=C(/N=C(\C(=C/CCC)c1ccnc(C)c1)c1ccc(C#N)s1)N1CC(C)OC(C)C1. The number of thiophene rings is 1. The third-order valence-corrected chi connectivity index (χ3v) is 6.07. The second kappa shape index (κ2) is 10.5. The van der Waals surface area contributed by atoms with E-state index in [1.54, 1.807) is 0 Å². The van der Waals surface area contributed by atoms with Gasteiger partial charge in [-0.2, -0.15) is 5.26 Å². The molecule has 1 aliphatic rings. The molecule has 31 heavy (non-hydrogen) atoms. The van der Waals surface area contributed by atoms with Gasteiger partial charge < -0.3 is 9.64 Å². The molecule has 3 rings (SSSR count). The van der Waals surface area contributed by atoms with Crippen molar-refractivity contribution in [3.8, 4) is 6.07 Å². The fraction of sp³-hybridized carbons (Fsp3) is 0.400. The Hall–Kier alpha value is -2.75. The van der Waals surface area contributed by atoms with Gasteiger partial charge in [-0.05, 0) is 57.0 Å². The van der Waals surface area contributed by atoms with Gasteiger partial charge >= 0.3 is 0 Å². The van der Waals surface area contributed by atoms with Crippen LogP contribution >= 0.6 is 11.3 Å². The fourth-order valence-corrected chi connectivity index (χ4v) is 4.52. The highest BCUT2D eigenvalue weighted by molar-refractivity contribution is 7.15. The van der Waals surface area contributed by atoms with E-state index in [4.69, 9.17) is 9.73 Å². The van der Waals surface area contributed by atoms with E-state index in [-0.39, 0.29) is 12.2 Å². The zero-order valence-electron chi connectivity index (χ0n) is 18.8. The predicted octanol–water partition coefficient (Wildman–Crippen LogP) is 5.58. The van der Waals surface area contributed by atoms with Crippen LogP contribution < -0.4 is 0 Å². The molecule has 0 bridgehead atoms. The number of nitriles is 1. The number of unbranched alkanes of at least 4 members (excludes halogenated alkanes) is 1. The molecule has 0 spiro atoms. The van der Waals surface area contributed by atoms with Gasteiger partial charge in [-0.25, -0.2) is 4.99 Å². The van der Waals surface area contributed by atoms with Gasteiger partial charge in [-0.3, -0.25) is 4.98 Å². The summed E-state index contributed by atoms with van der Waals surface area (Å²) in [6.45, 7) is 14.1. The van der Waals surface area contributed by atoms with Crippen molar-refractivity contribution in [2.24, 2.45) is 4.99 Å². The van der Waals surface area contributed by atoms with Crippen molar-refractivity contribution in [2.45, 2.75) is 52.7 Å². The number of rotatable bonds is 7. The summed E-state index contributed by atoms with van der Waals surface area (Å²) < 4.78 is 5.87. The highest BCUT2D eigenvalue weighted by Crippen LogP contribution is 2.28. The highest BCUT2D eigenvalue weighted by atomic mass is 32.1. The molecule has 2 aromatic rings. The molecule has 3 heterocycles. The van der Waals surface area contributed by atoms with Gasteiger partial charge in [0.15, 0.2) is 0 Å². The molecule has 2 aromatic heterocycles. The number of nitrogens with zero attached hydrogens (tertiary/aromatic N) is 4. The molecule has 1 aliphatic heterocycles. The lowest BCUT2D eigenvalue weighted by atomic mass is 9.98. The van der Waals surface area contributed by atoms with Crippen LogP contribution in [-0.4, -0.2) is 40.9 Å². The molecule has 6 heteroatoms. The number of pyridine rings is 1. The number of allylic oxidation sites excluding steroid dienone is 2. The first-order valence-corrected chi connectivity index (χ1v) is 11.5. The summed E-state index contributed by atoms with van der Waals surface area (Å²) in [5, 5.41) is 9.37. The lowest BCUT2D eigenvalue weighted by Gasteiger charge is -2.36. The van der Waals surface area contributed by atoms with Gasteiger partial charge in [-0.1, -0.05) is 26.0 Å². The minimum atomic E-state index is 0.129. The minimum absolute atomic E-state index is 0.129. The van der Waals surface area contributed by atoms with Crippen LogP contribution in [0.3, 0.4) is 0 Å².